The lowest BCUT2D eigenvalue weighted by Gasteiger charge is -2.11. The topological polar surface area (TPSA) is 44.8 Å². The molecule has 0 fully saturated rings. The van der Waals surface area contributed by atoms with Crippen molar-refractivity contribution in [1.82, 2.24) is 0 Å². The van der Waals surface area contributed by atoms with Crippen LogP contribution in [-0.4, -0.2) is 33.7 Å². The van der Waals surface area contributed by atoms with Gasteiger partial charge in [0.05, 0.1) is 19.3 Å². The van der Waals surface area contributed by atoms with Crippen LogP contribution in [-0.2, 0) is 4.74 Å². The van der Waals surface area contributed by atoms with E-state index in [4.69, 9.17) is 14.2 Å². The SMILES string of the molecule is COCCOc1cccc(C=O)c1OC. The van der Waals surface area contributed by atoms with Crippen molar-refractivity contribution in [2.75, 3.05) is 27.4 Å². The Morgan fingerprint density at radius 2 is 2.07 bits per heavy atom. The van der Waals surface area contributed by atoms with E-state index >= 15 is 0 Å². The minimum absolute atomic E-state index is 0.426. The van der Waals surface area contributed by atoms with Crippen LogP contribution in [0.1, 0.15) is 10.4 Å². The molecule has 0 spiro atoms. The lowest BCUT2D eigenvalue weighted by atomic mass is 10.2. The lowest BCUT2D eigenvalue weighted by molar-refractivity contribution is 0.111. The maximum absolute atomic E-state index is 10.7. The van der Waals surface area contributed by atoms with E-state index in [-0.39, 0.29) is 0 Å². The van der Waals surface area contributed by atoms with Crippen molar-refractivity contribution in [3.8, 4) is 11.5 Å². The summed E-state index contributed by atoms with van der Waals surface area (Å²) < 4.78 is 15.4. The number of para-hydroxylation sites is 1. The molecule has 0 atom stereocenters. The quantitative estimate of drug-likeness (QED) is 0.527. The van der Waals surface area contributed by atoms with Crippen molar-refractivity contribution in [2.45, 2.75) is 0 Å². The Labute approximate surface area is 88.8 Å². The largest absolute Gasteiger partial charge is 0.492 e. The minimum atomic E-state index is 0.426. The Morgan fingerprint density at radius 1 is 1.27 bits per heavy atom. The van der Waals surface area contributed by atoms with Gasteiger partial charge in [-0.2, -0.15) is 0 Å². The summed E-state index contributed by atoms with van der Waals surface area (Å²) in [5.74, 6) is 1.02. The fraction of sp³-hybridized carbons (Fsp3) is 0.364. The van der Waals surface area contributed by atoms with Crippen LogP contribution in [0.15, 0.2) is 18.2 Å². The highest BCUT2D eigenvalue weighted by atomic mass is 16.5. The zero-order valence-electron chi connectivity index (χ0n) is 8.86. The Kier molecular flexibility index (Phi) is 4.63. The van der Waals surface area contributed by atoms with Crippen molar-refractivity contribution in [2.24, 2.45) is 0 Å². The van der Waals surface area contributed by atoms with E-state index in [0.29, 0.717) is 30.3 Å². The molecular formula is C11H14O4. The molecule has 0 saturated carbocycles. The highest BCUT2D eigenvalue weighted by Crippen LogP contribution is 2.29. The van der Waals surface area contributed by atoms with Gasteiger partial charge in [0.15, 0.2) is 17.8 Å². The molecule has 1 aromatic carbocycles. The zero-order chi connectivity index (χ0) is 11.1. The smallest absolute Gasteiger partial charge is 0.171 e. The fourth-order valence-electron chi connectivity index (χ4n) is 1.19. The first-order valence-corrected chi connectivity index (χ1v) is 4.57. The monoisotopic (exact) mass is 210 g/mol. The van der Waals surface area contributed by atoms with Gasteiger partial charge in [-0.25, -0.2) is 0 Å². The second-order valence-corrected chi connectivity index (χ2v) is 2.84. The summed E-state index contributed by atoms with van der Waals surface area (Å²) in [6.45, 7) is 0.920. The maximum Gasteiger partial charge on any atom is 0.171 e. The Morgan fingerprint density at radius 3 is 2.67 bits per heavy atom. The summed E-state index contributed by atoms with van der Waals surface area (Å²) in [5.41, 5.74) is 0.479. The number of carbonyl (C=O) groups excluding carboxylic acids is 1. The van der Waals surface area contributed by atoms with Crippen LogP contribution in [0.2, 0.25) is 0 Å². The van der Waals surface area contributed by atoms with Crippen molar-refractivity contribution >= 4 is 6.29 Å². The molecule has 0 aromatic heterocycles. The summed E-state index contributed by atoms with van der Waals surface area (Å²) in [5, 5.41) is 0. The van der Waals surface area contributed by atoms with Crippen LogP contribution in [0.5, 0.6) is 11.5 Å². The first-order chi connectivity index (χ1) is 7.33. The van der Waals surface area contributed by atoms with Crippen LogP contribution in [0.3, 0.4) is 0 Å². The second kappa shape index (κ2) is 6.03. The van der Waals surface area contributed by atoms with Gasteiger partial charge in [0.1, 0.15) is 6.61 Å². The first kappa shape index (κ1) is 11.5. The van der Waals surface area contributed by atoms with Crippen LogP contribution in [0, 0.1) is 0 Å². The van der Waals surface area contributed by atoms with Gasteiger partial charge < -0.3 is 14.2 Å². The van der Waals surface area contributed by atoms with Crippen LogP contribution >= 0.6 is 0 Å². The van der Waals surface area contributed by atoms with Gasteiger partial charge in [0, 0.05) is 7.11 Å². The van der Waals surface area contributed by atoms with Gasteiger partial charge in [-0.1, -0.05) is 6.07 Å². The highest BCUT2D eigenvalue weighted by molar-refractivity contribution is 5.81. The van der Waals surface area contributed by atoms with Crippen molar-refractivity contribution in [3.05, 3.63) is 23.8 Å². The lowest BCUT2D eigenvalue weighted by Crippen LogP contribution is -2.06. The second-order valence-electron chi connectivity index (χ2n) is 2.84. The molecule has 15 heavy (non-hydrogen) atoms. The van der Waals surface area contributed by atoms with Crippen molar-refractivity contribution in [3.63, 3.8) is 0 Å². The zero-order valence-corrected chi connectivity index (χ0v) is 8.86. The molecular weight excluding hydrogens is 196 g/mol. The van der Waals surface area contributed by atoms with E-state index in [0.717, 1.165) is 6.29 Å². The van der Waals surface area contributed by atoms with Crippen LogP contribution in [0.4, 0.5) is 0 Å². The molecule has 4 heteroatoms. The summed E-state index contributed by atoms with van der Waals surface area (Å²) >= 11 is 0. The number of hydrogen-bond donors (Lipinski definition) is 0. The predicted octanol–water partition coefficient (Wildman–Crippen LogP) is 1.53. The van der Waals surface area contributed by atoms with Gasteiger partial charge >= 0.3 is 0 Å². The third-order valence-electron chi connectivity index (χ3n) is 1.89. The third-order valence-corrected chi connectivity index (χ3v) is 1.89. The first-order valence-electron chi connectivity index (χ1n) is 4.57. The molecule has 0 aliphatic rings. The molecule has 0 N–H and O–H groups in total. The van der Waals surface area contributed by atoms with E-state index in [1.54, 1.807) is 25.3 Å². The third kappa shape index (κ3) is 2.95. The van der Waals surface area contributed by atoms with Gasteiger partial charge in [0.2, 0.25) is 0 Å². The average Bonchev–Trinajstić information content (AvgIpc) is 2.29. The molecule has 0 heterocycles. The van der Waals surface area contributed by atoms with Crippen molar-refractivity contribution in [1.29, 1.82) is 0 Å². The predicted molar refractivity (Wildman–Crippen MR) is 55.8 cm³/mol. The van der Waals surface area contributed by atoms with Gasteiger partial charge in [-0.3, -0.25) is 4.79 Å². The van der Waals surface area contributed by atoms with E-state index < -0.39 is 0 Å². The molecule has 82 valence electrons. The van der Waals surface area contributed by atoms with E-state index in [9.17, 15) is 4.79 Å². The molecule has 0 unspecified atom stereocenters. The van der Waals surface area contributed by atoms with Crippen molar-refractivity contribution < 1.29 is 19.0 Å². The number of hydrogen-bond acceptors (Lipinski definition) is 4. The van der Waals surface area contributed by atoms with E-state index in [1.807, 2.05) is 0 Å². The number of ether oxygens (including phenoxy) is 3. The average molecular weight is 210 g/mol. The number of aldehydes is 1. The Hall–Kier alpha value is -1.55. The minimum Gasteiger partial charge on any atom is -0.492 e. The normalized spacial score (nSPS) is 9.73. The number of carbonyl (C=O) groups is 1. The molecule has 0 aliphatic heterocycles. The van der Waals surface area contributed by atoms with Gasteiger partial charge in [0.25, 0.3) is 0 Å². The highest BCUT2D eigenvalue weighted by Gasteiger charge is 2.08. The van der Waals surface area contributed by atoms with Crippen LogP contribution in [0.25, 0.3) is 0 Å². The number of methoxy groups -OCH3 is 2. The molecule has 1 aromatic rings. The van der Waals surface area contributed by atoms with Gasteiger partial charge in [-0.05, 0) is 12.1 Å². The number of benzene rings is 1. The summed E-state index contributed by atoms with van der Waals surface area (Å²) in [7, 11) is 3.11. The molecule has 0 aliphatic carbocycles. The maximum atomic E-state index is 10.7. The molecule has 0 amide bonds. The Bertz CT molecular complexity index is 322. The Balaban J connectivity index is 2.81. The molecule has 0 radical (unpaired) electrons. The molecule has 0 bridgehead atoms. The number of rotatable bonds is 6. The molecule has 1 rings (SSSR count). The van der Waals surface area contributed by atoms with Gasteiger partial charge in [-0.15, -0.1) is 0 Å². The summed E-state index contributed by atoms with van der Waals surface area (Å²) in [4.78, 5) is 10.7. The molecule has 0 saturated heterocycles. The summed E-state index contributed by atoms with van der Waals surface area (Å²) in [6.07, 6.45) is 0.738. The van der Waals surface area contributed by atoms with E-state index in [2.05, 4.69) is 0 Å². The fourth-order valence-corrected chi connectivity index (χ4v) is 1.19. The van der Waals surface area contributed by atoms with E-state index in [1.165, 1.54) is 7.11 Å². The molecule has 4 nitrogen and oxygen atoms in total. The standard InChI is InChI=1S/C11H14O4/c1-13-6-7-15-10-5-3-4-9(8-12)11(10)14-2/h3-5,8H,6-7H2,1-2H3. The summed E-state index contributed by atoms with van der Waals surface area (Å²) in [6, 6.07) is 5.17. The van der Waals surface area contributed by atoms with Crippen LogP contribution < -0.4 is 9.47 Å².